The Balaban J connectivity index is 1.98. The molecular weight excluding hydrogens is 330 g/mol. The van der Waals surface area contributed by atoms with E-state index in [1.165, 1.54) is 0 Å². The van der Waals surface area contributed by atoms with Crippen LogP contribution in [0.25, 0.3) is 0 Å². The topological polar surface area (TPSA) is 72.5 Å². The molecule has 0 saturated carbocycles. The van der Waals surface area contributed by atoms with Crippen molar-refractivity contribution in [3.05, 3.63) is 65.2 Å². The summed E-state index contributed by atoms with van der Waals surface area (Å²) >= 11 is 0. The highest BCUT2D eigenvalue weighted by Gasteiger charge is 2.20. The molecule has 1 unspecified atom stereocenters. The lowest BCUT2D eigenvalue weighted by molar-refractivity contribution is -0.116. The standard InChI is InChI=1S/C21H23NO4/c1-4-5-19(23)22-18-12-10-16(11-13-18)20(24)15(3)26-21(25)17-8-6-14(2)7-9-17/h6-13,15H,4-5H2,1-3H3,(H,22,23). The minimum atomic E-state index is -0.899. The van der Waals surface area contributed by atoms with Crippen molar-refractivity contribution in [3.8, 4) is 0 Å². The summed E-state index contributed by atoms with van der Waals surface area (Å²) in [5, 5.41) is 2.76. The van der Waals surface area contributed by atoms with E-state index >= 15 is 0 Å². The van der Waals surface area contributed by atoms with Crippen LogP contribution in [0.1, 0.15) is 53.0 Å². The van der Waals surface area contributed by atoms with E-state index in [0.29, 0.717) is 23.2 Å². The fourth-order valence-corrected chi connectivity index (χ4v) is 2.37. The van der Waals surface area contributed by atoms with E-state index in [9.17, 15) is 14.4 Å². The van der Waals surface area contributed by atoms with Crippen LogP contribution in [0, 0.1) is 6.92 Å². The predicted octanol–water partition coefficient (Wildman–Crippen LogP) is 4.16. The summed E-state index contributed by atoms with van der Waals surface area (Å²) in [6.07, 6.45) is 0.322. The number of aryl methyl sites for hydroxylation is 1. The van der Waals surface area contributed by atoms with Gasteiger partial charge in [0, 0.05) is 17.7 Å². The second-order valence-electron chi connectivity index (χ2n) is 6.15. The number of anilines is 1. The maximum absolute atomic E-state index is 12.4. The highest BCUT2D eigenvalue weighted by Crippen LogP contribution is 2.14. The smallest absolute Gasteiger partial charge is 0.338 e. The number of hydrogen-bond acceptors (Lipinski definition) is 4. The van der Waals surface area contributed by atoms with Gasteiger partial charge >= 0.3 is 5.97 Å². The molecule has 0 heterocycles. The zero-order chi connectivity index (χ0) is 19.1. The number of ether oxygens (including phenoxy) is 1. The quantitative estimate of drug-likeness (QED) is 0.599. The number of nitrogens with one attached hydrogen (secondary N) is 1. The average molecular weight is 353 g/mol. The van der Waals surface area contributed by atoms with Crippen molar-refractivity contribution < 1.29 is 19.1 Å². The largest absolute Gasteiger partial charge is 0.451 e. The molecule has 1 N–H and O–H groups in total. The Morgan fingerprint density at radius 2 is 1.54 bits per heavy atom. The average Bonchev–Trinajstić information content (AvgIpc) is 2.62. The number of carbonyl (C=O) groups is 3. The first-order valence-electron chi connectivity index (χ1n) is 8.62. The first kappa shape index (κ1) is 19.4. The zero-order valence-electron chi connectivity index (χ0n) is 15.2. The molecule has 0 saturated heterocycles. The van der Waals surface area contributed by atoms with Crippen LogP contribution in [0.4, 0.5) is 5.69 Å². The van der Waals surface area contributed by atoms with Gasteiger partial charge in [-0.05, 0) is 56.7 Å². The first-order valence-corrected chi connectivity index (χ1v) is 8.62. The van der Waals surface area contributed by atoms with Crippen LogP contribution < -0.4 is 5.32 Å². The van der Waals surface area contributed by atoms with Crippen LogP contribution in [0.15, 0.2) is 48.5 Å². The van der Waals surface area contributed by atoms with Crippen LogP contribution in [-0.2, 0) is 9.53 Å². The molecule has 5 nitrogen and oxygen atoms in total. The van der Waals surface area contributed by atoms with Crippen molar-refractivity contribution in [2.24, 2.45) is 0 Å². The lowest BCUT2D eigenvalue weighted by atomic mass is 10.1. The Hall–Kier alpha value is -2.95. The summed E-state index contributed by atoms with van der Waals surface area (Å²) in [7, 11) is 0. The predicted molar refractivity (Wildman–Crippen MR) is 100 cm³/mol. The summed E-state index contributed by atoms with van der Waals surface area (Å²) < 4.78 is 5.26. The molecule has 26 heavy (non-hydrogen) atoms. The third-order valence-corrected chi connectivity index (χ3v) is 3.87. The van der Waals surface area contributed by atoms with Gasteiger partial charge in [-0.3, -0.25) is 9.59 Å². The van der Waals surface area contributed by atoms with E-state index in [-0.39, 0.29) is 11.7 Å². The molecule has 2 rings (SSSR count). The van der Waals surface area contributed by atoms with Gasteiger partial charge in [0.05, 0.1) is 5.56 Å². The molecule has 0 aliphatic rings. The van der Waals surface area contributed by atoms with E-state index in [4.69, 9.17) is 4.74 Å². The van der Waals surface area contributed by atoms with Gasteiger partial charge in [0.1, 0.15) is 0 Å². The number of esters is 1. The van der Waals surface area contributed by atoms with E-state index in [2.05, 4.69) is 5.32 Å². The van der Waals surface area contributed by atoms with Gasteiger partial charge in [-0.25, -0.2) is 4.79 Å². The summed E-state index contributed by atoms with van der Waals surface area (Å²) in [5.74, 6) is -0.891. The Labute approximate surface area is 153 Å². The molecule has 136 valence electrons. The molecule has 5 heteroatoms. The molecule has 0 spiro atoms. The third kappa shape index (κ3) is 5.28. The normalized spacial score (nSPS) is 11.5. The van der Waals surface area contributed by atoms with Crippen molar-refractivity contribution in [2.45, 2.75) is 39.7 Å². The van der Waals surface area contributed by atoms with E-state index in [1.807, 2.05) is 26.0 Å². The number of carbonyl (C=O) groups excluding carboxylic acids is 3. The van der Waals surface area contributed by atoms with Gasteiger partial charge in [0.2, 0.25) is 11.7 Å². The molecule has 2 aromatic rings. The van der Waals surface area contributed by atoms with Crippen molar-refractivity contribution in [1.29, 1.82) is 0 Å². The van der Waals surface area contributed by atoms with Gasteiger partial charge in [-0.15, -0.1) is 0 Å². The lowest BCUT2D eigenvalue weighted by Gasteiger charge is -2.13. The number of Topliss-reactive ketones (excluding diaryl/α,β-unsaturated/α-hetero) is 1. The maximum atomic E-state index is 12.4. The van der Waals surface area contributed by atoms with Crippen LogP contribution >= 0.6 is 0 Å². The monoisotopic (exact) mass is 353 g/mol. The Kier molecular flexibility index (Phi) is 6.67. The SMILES string of the molecule is CCCC(=O)Nc1ccc(C(=O)C(C)OC(=O)c2ccc(C)cc2)cc1. The van der Waals surface area contributed by atoms with Gasteiger partial charge in [-0.1, -0.05) is 24.6 Å². The van der Waals surface area contributed by atoms with Crippen LogP contribution in [0.2, 0.25) is 0 Å². The maximum Gasteiger partial charge on any atom is 0.338 e. The molecule has 0 fully saturated rings. The molecular formula is C21H23NO4. The van der Waals surface area contributed by atoms with Crippen molar-refractivity contribution in [2.75, 3.05) is 5.32 Å². The molecule has 0 bridgehead atoms. The Morgan fingerprint density at radius 1 is 0.962 bits per heavy atom. The summed E-state index contributed by atoms with van der Waals surface area (Å²) in [6, 6.07) is 13.5. The summed E-state index contributed by atoms with van der Waals surface area (Å²) in [4.78, 5) is 36.1. The third-order valence-electron chi connectivity index (χ3n) is 3.87. The van der Waals surface area contributed by atoms with Crippen molar-refractivity contribution in [3.63, 3.8) is 0 Å². The number of ketones is 1. The molecule has 0 aromatic heterocycles. The number of benzene rings is 2. The molecule has 0 aliphatic carbocycles. The molecule has 0 aliphatic heterocycles. The minimum absolute atomic E-state index is 0.0630. The summed E-state index contributed by atoms with van der Waals surface area (Å²) in [5.41, 5.74) is 2.49. The fourth-order valence-electron chi connectivity index (χ4n) is 2.37. The first-order chi connectivity index (χ1) is 12.4. The van der Waals surface area contributed by atoms with Crippen LogP contribution in [-0.4, -0.2) is 23.8 Å². The zero-order valence-corrected chi connectivity index (χ0v) is 15.2. The molecule has 1 amide bonds. The highest BCUT2D eigenvalue weighted by molar-refractivity contribution is 6.02. The fraction of sp³-hybridized carbons (Fsp3) is 0.286. The lowest BCUT2D eigenvalue weighted by Crippen LogP contribution is -2.24. The van der Waals surface area contributed by atoms with Gasteiger partial charge < -0.3 is 10.1 Å². The summed E-state index contributed by atoms with van der Waals surface area (Å²) in [6.45, 7) is 5.40. The molecule has 1 atom stereocenters. The van der Waals surface area contributed by atoms with Gasteiger partial charge in [0.15, 0.2) is 6.10 Å². The number of hydrogen-bond donors (Lipinski definition) is 1. The molecule has 2 aromatic carbocycles. The molecule has 0 radical (unpaired) electrons. The Bertz CT molecular complexity index is 779. The Morgan fingerprint density at radius 3 is 2.12 bits per heavy atom. The number of amides is 1. The van der Waals surface area contributed by atoms with Gasteiger partial charge in [0.25, 0.3) is 0 Å². The second kappa shape index (κ2) is 8.94. The van der Waals surface area contributed by atoms with Crippen molar-refractivity contribution >= 4 is 23.3 Å². The van der Waals surface area contributed by atoms with E-state index in [1.54, 1.807) is 43.3 Å². The van der Waals surface area contributed by atoms with E-state index < -0.39 is 12.1 Å². The highest BCUT2D eigenvalue weighted by atomic mass is 16.5. The second-order valence-corrected chi connectivity index (χ2v) is 6.15. The van der Waals surface area contributed by atoms with Crippen molar-refractivity contribution in [1.82, 2.24) is 0 Å². The van der Waals surface area contributed by atoms with Gasteiger partial charge in [-0.2, -0.15) is 0 Å². The number of rotatable bonds is 7. The van der Waals surface area contributed by atoms with Crippen LogP contribution in [0.5, 0.6) is 0 Å². The minimum Gasteiger partial charge on any atom is -0.451 e. The van der Waals surface area contributed by atoms with E-state index in [0.717, 1.165) is 12.0 Å². The van der Waals surface area contributed by atoms with Crippen LogP contribution in [0.3, 0.4) is 0 Å².